The summed E-state index contributed by atoms with van der Waals surface area (Å²) in [6.45, 7) is 9.32. The van der Waals surface area contributed by atoms with Gasteiger partial charge in [0, 0.05) is 38.2 Å². The van der Waals surface area contributed by atoms with Crippen LogP contribution in [0.1, 0.15) is 26.7 Å². The molecule has 2 N–H and O–H groups in total. The summed E-state index contributed by atoms with van der Waals surface area (Å²) in [7, 11) is 0. The number of amides is 1. The van der Waals surface area contributed by atoms with Gasteiger partial charge in [0.15, 0.2) is 5.96 Å². The zero-order valence-electron chi connectivity index (χ0n) is 12.6. The van der Waals surface area contributed by atoms with Crippen LogP contribution in [-0.2, 0) is 9.53 Å². The van der Waals surface area contributed by atoms with E-state index in [2.05, 4.69) is 20.5 Å². The minimum atomic E-state index is -0.0268. The number of likely N-dealkylation sites (N-methyl/N-ethyl adjacent to an activating group) is 1. The number of ether oxygens (including phenoxy) is 1. The lowest BCUT2D eigenvalue weighted by atomic mass is 9.87. The van der Waals surface area contributed by atoms with Gasteiger partial charge in [0.1, 0.15) is 6.54 Å². The van der Waals surface area contributed by atoms with Gasteiger partial charge in [-0.3, -0.25) is 4.79 Å². The Balaban J connectivity index is 1.94. The van der Waals surface area contributed by atoms with Crippen LogP contribution >= 0.6 is 0 Å². The van der Waals surface area contributed by atoms with Gasteiger partial charge in [-0.05, 0) is 26.7 Å². The molecule has 2 saturated heterocycles. The molecule has 0 bridgehead atoms. The number of likely N-dealkylation sites (tertiary alicyclic amines) is 1. The molecule has 2 aliphatic rings. The van der Waals surface area contributed by atoms with Crippen LogP contribution in [0.2, 0.25) is 0 Å². The highest BCUT2D eigenvalue weighted by Crippen LogP contribution is 2.38. The molecule has 6 heteroatoms. The molecule has 1 unspecified atom stereocenters. The zero-order chi connectivity index (χ0) is 14.4. The number of carbonyl (C=O) groups excluding carboxylic acids is 1. The van der Waals surface area contributed by atoms with Gasteiger partial charge >= 0.3 is 0 Å². The third-order valence-corrected chi connectivity index (χ3v) is 4.00. The van der Waals surface area contributed by atoms with E-state index in [4.69, 9.17) is 4.74 Å². The summed E-state index contributed by atoms with van der Waals surface area (Å²) < 4.78 is 5.55. The number of aliphatic imine (C=N–C) groups is 1. The molecule has 0 aromatic heterocycles. The molecule has 2 fully saturated rings. The van der Waals surface area contributed by atoms with Crippen molar-refractivity contribution < 1.29 is 9.53 Å². The fourth-order valence-electron chi connectivity index (χ4n) is 2.91. The van der Waals surface area contributed by atoms with E-state index in [0.29, 0.717) is 12.0 Å². The topological polar surface area (TPSA) is 66.0 Å². The van der Waals surface area contributed by atoms with Crippen LogP contribution in [-0.4, -0.2) is 62.7 Å². The Morgan fingerprint density at radius 2 is 2.10 bits per heavy atom. The van der Waals surface area contributed by atoms with Crippen molar-refractivity contribution in [1.82, 2.24) is 15.5 Å². The summed E-state index contributed by atoms with van der Waals surface area (Å²) >= 11 is 0. The molecule has 114 valence electrons. The van der Waals surface area contributed by atoms with Gasteiger partial charge in [-0.1, -0.05) is 0 Å². The quantitative estimate of drug-likeness (QED) is 0.571. The van der Waals surface area contributed by atoms with E-state index in [-0.39, 0.29) is 12.5 Å². The number of nitrogens with zero attached hydrogens (tertiary/aromatic N) is 2. The maximum atomic E-state index is 11.5. The first-order valence-corrected chi connectivity index (χ1v) is 7.57. The van der Waals surface area contributed by atoms with Crippen LogP contribution in [0.4, 0.5) is 0 Å². The molecule has 0 radical (unpaired) electrons. The minimum Gasteiger partial charge on any atom is -0.381 e. The van der Waals surface area contributed by atoms with Gasteiger partial charge in [-0.2, -0.15) is 0 Å². The molecule has 6 nitrogen and oxygen atoms in total. The van der Waals surface area contributed by atoms with Crippen LogP contribution in [0.5, 0.6) is 0 Å². The van der Waals surface area contributed by atoms with Crippen molar-refractivity contribution in [3.05, 3.63) is 0 Å². The first-order chi connectivity index (χ1) is 9.69. The number of hydrogen-bond donors (Lipinski definition) is 2. The molecule has 0 aromatic carbocycles. The maximum Gasteiger partial charge on any atom is 0.241 e. The normalized spacial score (nSPS) is 26.3. The van der Waals surface area contributed by atoms with Crippen molar-refractivity contribution in [3.63, 3.8) is 0 Å². The van der Waals surface area contributed by atoms with Crippen molar-refractivity contribution >= 4 is 11.9 Å². The number of hydrogen-bond acceptors (Lipinski definition) is 3. The van der Waals surface area contributed by atoms with Gasteiger partial charge in [0.05, 0.1) is 6.61 Å². The highest BCUT2D eigenvalue weighted by atomic mass is 16.5. The van der Waals surface area contributed by atoms with E-state index >= 15 is 0 Å². The largest absolute Gasteiger partial charge is 0.381 e. The van der Waals surface area contributed by atoms with Crippen LogP contribution in [0, 0.1) is 5.41 Å². The first kappa shape index (κ1) is 15.1. The summed E-state index contributed by atoms with van der Waals surface area (Å²) in [5.74, 6) is 0.823. The van der Waals surface area contributed by atoms with Crippen molar-refractivity contribution in [2.24, 2.45) is 10.4 Å². The smallest absolute Gasteiger partial charge is 0.241 e. The molecule has 0 saturated carbocycles. The standard InChI is InChI=1S/C14H26N4O2/c1-3-15-12(19)9-17-13(16-4-2)18-7-5-14(10-18)6-8-20-11-14/h3-11H2,1-2H3,(H,15,19)(H,16,17). The van der Waals surface area contributed by atoms with E-state index in [1.807, 2.05) is 13.8 Å². The number of guanidine groups is 1. The lowest BCUT2D eigenvalue weighted by molar-refractivity contribution is -0.119. The van der Waals surface area contributed by atoms with Gasteiger partial charge in [-0.15, -0.1) is 0 Å². The van der Waals surface area contributed by atoms with Crippen molar-refractivity contribution in [2.45, 2.75) is 26.7 Å². The van der Waals surface area contributed by atoms with Gasteiger partial charge in [0.2, 0.25) is 5.91 Å². The average Bonchev–Trinajstić information content (AvgIpc) is 3.06. The predicted octanol–water partition coefficient (Wildman–Crippen LogP) is 0.200. The molecule has 0 aliphatic carbocycles. The minimum absolute atomic E-state index is 0.0268. The second kappa shape index (κ2) is 6.92. The molecular weight excluding hydrogens is 256 g/mol. The summed E-state index contributed by atoms with van der Waals surface area (Å²) in [5.41, 5.74) is 0.307. The SMILES string of the molecule is CCNC(=O)CN=C(NCC)N1CCC2(CCOC2)C1. The molecule has 1 atom stereocenters. The second-order valence-electron chi connectivity index (χ2n) is 5.60. The summed E-state index contributed by atoms with van der Waals surface area (Å²) in [6, 6.07) is 0. The zero-order valence-corrected chi connectivity index (χ0v) is 12.6. The second-order valence-corrected chi connectivity index (χ2v) is 5.60. The molecule has 2 aliphatic heterocycles. The Morgan fingerprint density at radius 3 is 2.75 bits per heavy atom. The van der Waals surface area contributed by atoms with E-state index < -0.39 is 0 Å². The lowest BCUT2D eigenvalue weighted by Crippen LogP contribution is -2.42. The Labute approximate surface area is 121 Å². The van der Waals surface area contributed by atoms with Crippen LogP contribution < -0.4 is 10.6 Å². The predicted molar refractivity (Wildman–Crippen MR) is 78.7 cm³/mol. The van der Waals surface area contributed by atoms with E-state index in [9.17, 15) is 4.79 Å². The fourth-order valence-corrected chi connectivity index (χ4v) is 2.91. The molecule has 1 spiro atoms. The van der Waals surface area contributed by atoms with Crippen molar-refractivity contribution in [3.8, 4) is 0 Å². The van der Waals surface area contributed by atoms with E-state index in [1.54, 1.807) is 0 Å². The summed E-state index contributed by atoms with van der Waals surface area (Å²) in [5, 5.41) is 6.05. The summed E-state index contributed by atoms with van der Waals surface area (Å²) in [4.78, 5) is 18.2. The molecule has 2 heterocycles. The van der Waals surface area contributed by atoms with E-state index in [1.165, 1.54) is 0 Å². The number of carbonyl (C=O) groups is 1. The Bertz CT molecular complexity index is 364. The monoisotopic (exact) mass is 282 g/mol. The maximum absolute atomic E-state index is 11.5. The highest BCUT2D eigenvalue weighted by molar-refractivity contribution is 5.85. The Morgan fingerprint density at radius 1 is 1.30 bits per heavy atom. The lowest BCUT2D eigenvalue weighted by Gasteiger charge is -2.24. The fraction of sp³-hybridized carbons (Fsp3) is 0.857. The molecule has 1 amide bonds. The third kappa shape index (κ3) is 3.62. The molecule has 2 rings (SSSR count). The van der Waals surface area contributed by atoms with Gasteiger partial charge in [-0.25, -0.2) is 4.99 Å². The van der Waals surface area contributed by atoms with Gasteiger partial charge < -0.3 is 20.3 Å². The van der Waals surface area contributed by atoms with Crippen molar-refractivity contribution in [2.75, 3.05) is 45.9 Å². The van der Waals surface area contributed by atoms with Crippen LogP contribution in [0.15, 0.2) is 4.99 Å². The number of nitrogens with one attached hydrogen (secondary N) is 2. The average molecular weight is 282 g/mol. The van der Waals surface area contributed by atoms with Crippen LogP contribution in [0.25, 0.3) is 0 Å². The van der Waals surface area contributed by atoms with Crippen LogP contribution in [0.3, 0.4) is 0 Å². The molecule has 20 heavy (non-hydrogen) atoms. The summed E-state index contributed by atoms with van der Waals surface area (Å²) in [6.07, 6.45) is 2.29. The highest BCUT2D eigenvalue weighted by Gasteiger charge is 2.42. The number of rotatable bonds is 4. The Kier molecular flexibility index (Phi) is 5.23. The van der Waals surface area contributed by atoms with Gasteiger partial charge in [0.25, 0.3) is 0 Å². The first-order valence-electron chi connectivity index (χ1n) is 7.57. The van der Waals surface area contributed by atoms with E-state index in [0.717, 1.165) is 51.6 Å². The van der Waals surface area contributed by atoms with Crippen molar-refractivity contribution in [1.29, 1.82) is 0 Å². The molecule has 0 aromatic rings. The third-order valence-electron chi connectivity index (χ3n) is 4.00. The molecular formula is C14H26N4O2. The Hall–Kier alpha value is -1.30.